The maximum absolute atomic E-state index is 4.12. The zero-order valence-electron chi connectivity index (χ0n) is 10.0. The van der Waals surface area contributed by atoms with Crippen LogP contribution in [0.25, 0.3) is 0 Å². The fraction of sp³-hybridized carbons (Fsp3) is 0.615. The van der Waals surface area contributed by atoms with E-state index in [2.05, 4.69) is 28.4 Å². The van der Waals surface area contributed by atoms with Gasteiger partial charge in [0, 0.05) is 12.7 Å². The largest absolute Gasteiger partial charge is 0.347 e. The predicted octanol–water partition coefficient (Wildman–Crippen LogP) is 2.76. The van der Waals surface area contributed by atoms with Gasteiger partial charge in [-0.15, -0.1) is 6.58 Å². The van der Waals surface area contributed by atoms with Gasteiger partial charge in [-0.05, 0) is 31.7 Å². The van der Waals surface area contributed by atoms with Gasteiger partial charge in [-0.2, -0.15) is 0 Å². The summed E-state index contributed by atoms with van der Waals surface area (Å²) in [4.78, 5) is 9.92. The lowest BCUT2D eigenvalue weighted by Gasteiger charge is -2.36. The van der Waals surface area contributed by atoms with Crippen molar-refractivity contribution in [3.8, 4) is 0 Å². The highest BCUT2D eigenvalue weighted by Crippen LogP contribution is 2.28. The standard InChI is InChI=1S/C13H21N3/c1-3-5-13(12-8-14-10-15-12)16-7-4-6-11(2)9-16/h3,8,10-11,13H,1,4-7,9H2,2H3,(H,14,15). The average molecular weight is 219 g/mol. The lowest BCUT2D eigenvalue weighted by Crippen LogP contribution is -2.37. The summed E-state index contributed by atoms with van der Waals surface area (Å²) in [6.45, 7) is 8.59. The molecule has 16 heavy (non-hydrogen) atoms. The summed E-state index contributed by atoms with van der Waals surface area (Å²) in [5.41, 5.74) is 1.22. The molecule has 1 fully saturated rings. The normalized spacial score (nSPS) is 24.2. The second kappa shape index (κ2) is 5.30. The van der Waals surface area contributed by atoms with Gasteiger partial charge in [0.2, 0.25) is 0 Å². The van der Waals surface area contributed by atoms with Crippen LogP contribution < -0.4 is 0 Å². The molecular weight excluding hydrogens is 198 g/mol. The van der Waals surface area contributed by atoms with Crippen molar-refractivity contribution in [1.29, 1.82) is 0 Å². The van der Waals surface area contributed by atoms with Gasteiger partial charge in [-0.1, -0.05) is 13.0 Å². The Morgan fingerprint density at radius 2 is 2.62 bits per heavy atom. The molecule has 1 aromatic rings. The SMILES string of the molecule is C=CCC(c1cnc[nH]1)N1CCCC(C)C1. The van der Waals surface area contributed by atoms with Crippen LogP contribution in [-0.2, 0) is 0 Å². The minimum Gasteiger partial charge on any atom is -0.347 e. The van der Waals surface area contributed by atoms with Crippen LogP contribution in [-0.4, -0.2) is 28.0 Å². The molecule has 0 bridgehead atoms. The molecule has 3 heteroatoms. The van der Waals surface area contributed by atoms with Crippen LogP contribution >= 0.6 is 0 Å². The molecule has 2 atom stereocenters. The molecule has 0 saturated carbocycles. The first-order chi connectivity index (χ1) is 7.81. The molecule has 1 aliphatic rings. The fourth-order valence-electron chi connectivity index (χ4n) is 2.59. The smallest absolute Gasteiger partial charge is 0.0922 e. The zero-order valence-corrected chi connectivity index (χ0v) is 10.0. The van der Waals surface area contributed by atoms with Gasteiger partial charge in [0.15, 0.2) is 0 Å². The zero-order chi connectivity index (χ0) is 11.4. The third-order valence-corrected chi connectivity index (χ3v) is 3.40. The van der Waals surface area contributed by atoms with Crippen molar-refractivity contribution in [2.24, 2.45) is 5.92 Å². The topological polar surface area (TPSA) is 31.9 Å². The molecule has 0 radical (unpaired) electrons. The second-order valence-corrected chi connectivity index (χ2v) is 4.79. The summed E-state index contributed by atoms with van der Waals surface area (Å²) in [7, 11) is 0. The molecular formula is C13H21N3. The number of nitrogens with one attached hydrogen (secondary N) is 1. The fourth-order valence-corrected chi connectivity index (χ4v) is 2.59. The maximum atomic E-state index is 4.12. The van der Waals surface area contributed by atoms with E-state index in [4.69, 9.17) is 0 Å². The van der Waals surface area contributed by atoms with E-state index in [0.29, 0.717) is 6.04 Å². The predicted molar refractivity (Wildman–Crippen MR) is 66.1 cm³/mol. The number of H-pyrrole nitrogens is 1. The molecule has 1 aromatic heterocycles. The summed E-state index contributed by atoms with van der Waals surface area (Å²) < 4.78 is 0. The highest BCUT2D eigenvalue weighted by atomic mass is 15.2. The van der Waals surface area contributed by atoms with Gasteiger partial charge in [-0.3, -0.25) is 4.90 Å². The molecule has 3 nitrogen and oxygen atoms in total. The van der Waals surface area contributed by atoms with Crippen LogP contribution in [0, 0.1) is 5.92 Å². The summed E-state index contributed by atoms with van der Waals surface area (Å²) >= 11 is 0. The first-order valence-corrected chi connectivity index (χ1v) is 6.14. The van der Waals surface area contributed by atoms with Gasteiger partial charge in [0.05, 0.1) is 18.1 Å². The number of piperidine rings is 1. The van der Waals surface area contributed by atoms with Crippen molar-refractivity contribution in [2.75, 3.05) is 13.1 Å². The van der Waals surface area contributed by atoms with Crippen LogP contribution in [0.5, 0.6) is 0 Å². The summed E-state index contributed by atoms with van der Waals surface area (Å²) in [5.74, 6) is 0.809. The quantitative estimate of drug-likeness (QED) is 0.790. The number of nitrogens with zero attached hydrogens (tertiary/aromatic N) is 2. The van der Waals surface area contributed by atoms with Crippen LogP contribution in [0.1, 0.15) is 37.9 Å². The first-order valence-electron chi connectivity index (χ1n) is 6.14. The van der Waals surface area contributed by atoms with Crippen LogP contribution in [0.3, 0.4) is 0 Å². The van der Waals surface area contributed by atoms with E-state index in [1.807, 2.05) is 12.3 Å². The Kier molecular flexibility index (Phi) is 3.78. The Hall–Kier alpha value is -1.09. The molecule has 0 aromatic carbocycles. The number of hydrogen-bond donors (Lipinski definition) is 1. The van der Waals surface area contributed by atoms with Crippen molar-refractivity contribution in [1.82, 2.24) is 14.9 Å². The van der Waals surface area contributed by atoms with Crippen molar-refractivity contribution in [2.45, 2.75) is 32.2 Å². The van der Waals surface area contributed by atoms with Gasteiger partial charge in [-0.25, -0.2) is 4.98 Å². The van der Waals surface area contributed by atoms with E-state index in [-0.39, 0.29) is 0 Å². The van der Waals surface area contributed by atoms with Gasteiger partial charge < -0.3 is 4.98 Å². The van der Waals surface area contributed by atoms with Crippen LogP contribution in [0.4, 0.5) is 0 Å². The molecule has 2 heterocycles. The molecule has 0 amide bonds. The lowest BCUT2D eigenvalue weighted by atomic mass is 9.97. The number of imidazole rings is 1. The number of likely N-dealkylation sites (tertiary alicyclic amines) is 1. The van der Waals surface area contributed by atoms with Crippen molar-refractivity contribution in [3.63, 3.8) is 0 Å². The van der Waals surface area contributed by atoms with Crippen molar-refractivity contribution < 1.29 is 0 Å². The van der Waals surface area contributed by atoms with Crippen LogP contribution in [0.2, 0.25) is 0 Å². The highest BCUT2D eigenvalue weighted by molar-refractivity contribution is 5.05. The monoisotopic (exact) mass is 219 g/mol. The summed E-state index contributed by atoms with van der Waals surface area (Å²) in [6, 6.07) is 0.433. The Labute approximate surface area is 97.6 Å². The molecule has 88 valence electrons. The molecule has 1 saturated heterocycles. The van der Waals surface area contributed by atoms with E-state index >= 15 is 0 Å². The Morgan fingerprint density at radius 3 is 3.25 bits per heavy atom. The maximum Gasteiger partial charge on any atom is 0.0922 e. The van der Waals surface area contributed by atoms with Gasteiger partial charge in [0.1, 0.15) is 0 Å². The van der Waals surface area contributed by atoms with Crippen molar-refractivity contribution >= 4 is 0 Å². The van der Waals surface area contributed by atoms with Gasteiger partial charge in [0.25, 0.3) is 0 Å². The Balaban J connectivity index is 2.09. The molecule has 2 rings (SSSR count). The van der Waals surface area contributed by atoms with E-state index in [0.717, 1.165) is 12.3 Å². The average Bonchev–Trinajstić information content (AvgIpc) is 2.79. The number of aromatic amines is 1. The van der Waals surface area contributed by atoms with E-state index in [9.17, 15) is 0 Å². The Morgan fingerprint density at radius 1 is 1.75 bits per heavy atom. The van der Waals surface area contributed by atoms with E-state index in [1.165, 1.54) is 31.6 Å². The minimum absolute atomic E-state index is 0.433. The van der Waals surface area contributed by atoms with Crippen molar-refractivity contribution in [3.05, 3.63) is 30.9 Å². The lowest BCUT2D eigenvalue weighted by molar-refractivity contribution is 0.128. The number of aromatic nitrogens is 2. The summed E-state index contributed by atoms with van der Waals surface area (Å²) in [5, 5.41) is 0. The van der Waals surface area contributed by atoms with Gasteiger partial charge >= 0.3 is 0 Å². The Bertz CT molecular complexity index is 318. The van der Waals surface area contributed by atoms with E-state index in [1.54, 1.807) is 6.33 Å². The molecule has 1 N–H and O–H groups in total. The number of rotatable bonds is 4. The molecule has 0 aliphatic carbocycles. The van der Waals surface area contributed by atoms with Crippen LogP contribution in [0.15, 0.2) is 25.2 Å². The minimum atomic E-state index is 0.433. The molecule has 1 aliphatic heterocycles. The molecule has 2 unspecified atom stereocenters. The number of hydrogen-bond acceptors (Lipinski definition) is 2. The summed E-state index contributed by atoms with van der Waals surface area (Å²) in [6.07, 6.45) is 9.37. The third-order valence-electron chi connectivity index (χ3n) is 3.40. The first kappa shape index (κ1) is 11.4. The van der Waals surface area contributed by atoms with E-state index < -0.39 is 0 Å². The second-order valence-electron chi connectivity index (χ2n) is 4.79. The third kappa shape index (κ3) is 2.53. The molecule has 0 spiro atoms. The highest BCUT2D eigenvalue weighted by Gasteiger charge is 2.24.